The van der Waals surface area contributed by atoms with E-state index in [0.717, 1.165) is 30.4 Å². The summed E-state index contributed by atoms with van der Waals surface area (Å²) in [4.78, 5) is 29.0. The van der Waals surface area contributed by atoms with Gasteiger partial charge in [0.1, 0.15) is 5.75 Å². The topological polar surface area (TPSA) is 76.1 Å². The van der Waals surface area contributed by atoms with Crippen molar-refractivity contribution in [2.24, 2.45) is 17.8 Å². The van der Waals surface area contributed by atoms with Crippen molar-refractivity contribution in [1.29, 1.82) is 0 Å². The smallest absolute Gasteiger partial charge is 0.261 e. The molecule has 3 aliphatic rings. The number of hydrogen-bond acceptors (Lipinski definition) is 5. The van der Waals surface area contributed by atoms with Gasteiger partial charge in [0.25, 0.3) is 8.32 Å². The molecule has 2 amide bonds. The summed E-state index contributed by atoms with van der Waals surface area (Å²) in [6.07, 6.45) is 4.89. The highest BCUT2D eigenvalue weighted by Gasteiger charge is 2.57. The van der Waals surface area contributed by atoms with Crippen LogP contribution in [0.2, 0.25) is 5.04 Å². The van der Waals surface area contributed by atoms with Crippen molar-refractivity contribution in [3.05, 3.63) is 107 Å². The fraction of sp³-hybridized carbons (Fsp3) is 0.415. The van der Waals surface area contributed by atoms with E-state index < -0.39 is 8.32 Å². The largest absolute Gasteiger partial charge is 0.508 e. The van der Waals surface area contributed by atoms with Crippen LogP contribution in [0.1, 0.15) is 65.9 Å². The van der Waals surface area contributed by atoms with Gasteiger partial charge in [0.2, 0.25) is 11.8 Å². The average molecular weight is 664 g/mol. The van der Waals surface area contributed by atoms with Gasteiger partial charge in [-0.05, 0) is 76.9 Å². The molecular formula is C41H49NO5Si. The lowest BCUT2D eigenvalue weighted by Crippen LogP contribution is -2.66. The second-order valence-corrected chi connectivity index (χ2v) is 19.0. The van der Waals surface area contributed by atoms with Gasteiger partial charge in [0.15, 0.2) is 0 Å². The van der Waals surface area contributed by atoms with E-state index in [1.54, 1.807) is 12.1 Å². The highest BCUT2D eigenvalue weighted by atomic mass is 28.4. The number of phenolic OH excluding ortho intramolecular Hbond substituents is 1. The first-order valence-electron chi connectivity index (χ1n) is 17.4. The monoisotopic (exact) mass is 663 g/mol. The first kappa shape index (κ1) is 34.1. The van der Waals surface area contributed by atoms with Crippen molar-refractivity contribution in [2.45, 2.75) is 71.4 Å². The Labute approximate surface area is 286 Å². The van der Waals surface area contributed by atoms with E-state index in [1.165, 1.54) is 26.4 Å². The van der Waals surface area contributed by atoms with Gasteiger partial charge in [-0.3, -0.25) is 14.5 Å². The van der Waals surface area contributed by atoms with Crippen molar-refractivity contribution < 1.29 is 23.9 Å². The number of rotatable bonds is 11. The van der Waals surface area contributed by atoms with Crippen molar-refractivity contribution in [3.63, 3.8) is 0 Å². The van der Waals surface area contributed by atoms with Gasteiger partial charge in [0, 0.05) is 12.5 Å². The minimum Gasteiger partial charge on any atom is -0.508 e. The molecule has 3 aromatic carbocycles. The van der Waals surface area contributed by atoms with Crippen molar-refractivity contribution in [2.75, 3.05) is 19.8 Å². The second kappa shape index (κ2) is 14.0. The maximum absolute atomic E-state index is 13.8. The molecular weight excluding hydrogens is 615 g/mol. The van der Waals surface area contributed by atoms with E-state index in [-0.39, 0.29) is 46.5 Å². The fourth-order valence-corrected chi connectivity index (χ4v) is 12.9. The molecule has 252 valence electrons. The molecule has 0 unspecified atom stereocenters. The Bertz CT molecular complexity index is 1640. The molecule has 0 radical (unpaired) electrons. The number of fused-ring (bicyclic) bond motifs is 3. The molecule has 0 spiro atoms. The Balaban J connectivity index is 1.37. The lowest BCUT2D eigenvalue weighted by molar-refractivity contribution is -0.140. The molecule has 7 heteroatoms. The van der Waals surface area contributed by atoms with Gasteiger partial charge >= 0.3 is 0 Å². The third kappa shape index (κ3) is 6.36. The quantitative estimate of drug-likeness (QED) is 0.138. The summed E-state index contributed by atoms with van der Waals surface area (Å²) < 4.78 is 14.0. The Morgan fingerprint density at radius 2 is 1.56 bits per heavy atom. The van der Waals surface area contributed by atoms with Crippen LogP contribution in [0.3, 0.4) is 0 Å². The van der Waals surface area contributed by atoms with Crippen molar-refractivity contribution >= 4 is 36.6 Å². The molecule has 6 rings (SSSR count). The van der Waals surface area contributed by atoms with Crippen LogP contribution in [-0.2, 0) is 18.8 Å². The predicted octanol–water partition coefficient (Wildman–Crippen LogP) is 6.88. The summed E-state index contributed by atoms with van der Waals surface area (Å²) in [5.41, 5.74) is 4.58. The molecule has 6 nitrogen and oxygen atoms in total. The van der Waals surface area contributed by atoms with Gasteiger partial charge in [0.05, 0.1) is 31.2 Å². The number of hydrogen-bond donors (Lipinski definition) is 1. The summed E-state index contributed by atoms with van der Waals surface area (Å²) in [5.74, 6) is -0.670. The van der Waals surface area contributed by atoms with E-state index in [1.807, 2.05) is 19.1 Å². The van der Waals surface area contributed by atoms with Crippen LogP contribution in [0.15, 0.2) is 102 Å². The number of nitrogens with zero attached hydrogens (tertiary/aromatic N) is 1. The van der Waals surface area contributed by atoms with E-state index in [9.17, 15) is 14.7 Å². The molecule has 2 saturated heterocycles. The number of aromatic hydroxyl groups is 1. The maximum atomic E-state index is 13.8. The Morgan fingerprint density at radius 1 is 0.938 bits per heavy atom. The van der Waals surface area contributed by atoms with Crippen LogP contribution in [-0.4, -0.2) is 56.0 Å². The highest BCUT2D eigenvalue weighted by Crippen LogP contribution is 2.50. The number of benzene rings is 3. The van der Waals surface area contributed by atoms with Crippen LogP contribution in [0.5, 0.6) is 5.75 Å². The number of imide groups is 1. The van der Waals surface area contributed by atoms with Gasteiger partial charge < -0.3 is 14.3 Å². The molecule has 1 aliphatic carbocycles. The minimum atomic E-state index is -2.84. The third-order valence-corrected chi connectivity index (χ3v) is 15.5. The highest BCUT2D eigenvalue weighted by molar-refractivity contribution is 6.99. The number of amides is 2. The second-order valence-electron chi connectivity index (χ2n) is 14.7. The van der Waals surface area contributed by atoms with E-state index in [0.29, 0.717) is 26.2 Å². The number of carbonyl (C=O) groups excluding carboxylic acids is 2. The minimum absolute atomic E-state index is 0.0334. The predicted molar refractivity (Wildman–Crippen MR) is 193 cm³/mol. The molecule has 2 heterocycles. The number of phenols is 1. The maximum Gasteiger partial charge on any atom is 0.261 e. The number of ether oxygens (including phenoxy) is 1. The Kier molecular flexibility index (Phi) is 9.93. The molecule has 3 aromatic rings. The molecule has 1 N–H and O–H groups in total. The number of likely N-dealkylation sites (tertiary alicyclic amines) is 1. The van der Waals surface area contributed by atoms with Crippen LogP contribution in [0.25, 0.3) is 6.08 Å². The zero-order valence-corrected chi connectivity index (χ0v) is 29.9. The molecule has 0 aromatic heterocycles. The number of allylic oxidation sites excluding steroid dienone is 1. The normalized spacial score (nSPS) is 23.1. The Morgan fingerprint density at radius 3 is 2.15 bits per heavy atom. The van der Waals surface area contributed by atoms with E-state index in [4.69, 9.17) is 9.16 Å². The summed E-state index contributed by atoms with van der Waals surface area (Å²) >= 11 is 0. The molecule has 48 heavy (non-hydrogen) atoms. The summed E-state index contributed by atoms with van der Waals surface area (Å²) in [5, 5.41) is 11.9. The fourth-order valence-electron chi connectivity index (χ4n) is 8.36. The lowest BCUT2D eigenvalue weighted by atomic mass is 9.69. The molecule has 4 atom stereocenters. The standard InChI is InChI=1S/C41H49NO5Si/c1-6-23-42-39(44)34-25-30(26-47-48(41(3,4)5,32-13-9-7-10-14-32)33-15-11-8-12-16-33)37-35(38(34)40(42)45)27-46-36(37)22-17-28(2)24-29-18-20-31(43)21-19-29/h7-16,18-21,24,34-36,38,43H,6,17,22-23,25-27H2,1-5H3/b28-24+/t34-,35+,36-,38-/m1/s1. The van der Waals surface area contributed by atoms with Crippen LogP contribution < -0.4 is 10.4 Å². The van der Waals surface area contributed by atoms with Crippen LogP contribution in [0.4, 0.5) is 0 Å². The van der Waals surface area contributed by atoms with Gasteiger partial charge in [-0.2, -0.15) is 0 Å². The summed E-state index contributed by atoms with van der Waals surface area (Å²) in [6.45, 7) is 12.3. The van der Waals surface area contributed by atoms with E-state index in [2.05, 4.69) is 94.4 Å². The molecule has 0 bridgehead atoms. The van der Waals surface area contributed by atoms with Gasteiger partial charge in [-0.1, -0.05) is 112 Å². The van der Waals surface area contributed by atoms with Crippen LogP contribution >= 0.6 is 0 Å². The first-order valence-corrected chi connectivity index (χ1v) is 19.4. The SMILES string of the molecule is CCCN1C(=O)[C@@H]2[C@@H](CC(CO[Si](c3ccccc3)(c3ccccc3)C(C)(C)C)=C3[C@@H](CC/C(C)=C/c4ccc(O)cc4)OC[C@@H]32)C1=O. The van der Waals surface area contributed by atoms with Gasteiger partial charge in [-0.15, -0.1) is 0 Å². The average Bonchev–Trinajstić information content (AvgIpc) is 3.60. The molecule has 0 saturated carbocycles. The van der Waals surface area contributed by atoms with E-state index >= 15 is 0 Å². The first-order chi connectivity index (χ1) is 23.0. The zero-order chi connectivity index (χ0) is 34.1. The third-order valence-electron chi connectivity index (χ3n) is 10.5. The zero-order valence-electron chi connectivity index (χ0n) is 28.9. The lowest BCUT2D eigenvalue weighted by Gasteiger charge is -2.44. The Hall–Kier alpha value is -3.78. The van der Waals surface area contributed by atoms with Crippen molar-refractivity contribution in [3.8, 4) is 5.75 Å². The summed E-state index contributed by atoms with van der Waals surface area (Å²) in [7, 11) is -2.84. The summed E-state index contributed by atoms with van der Waals surface area (Å²) in [6, 6.07) is 28.5. The van der Waals surface area contributed by atoms with Crippen molar-refractivity contribution in [1.82, 2.24) is 4.90 Å². The number of carbonyl (C=O) groups is 2. The molecule has 2 fully saturated rings. The van der Waals surface area contributed by atoms with Gasteiger partial charge in [-0.25, -0.2) is 0 Å². The van der Waals surface area contributed by atoms with Crippen LogP contribution in [0, 0.1) is 17.8 Å². The molecule has 2 aliphatic heterocycles.